The molecule has 1 saturated heterocycles. The summed E-state index contributed by atoms with van der Waals surface area (Å²) in [6, 6.07) is 3.10. The first kappa shape index (κ1) is 20.0. The molecule has 0 unspecified atom stereocenters. The van der Waals surface area contributed by atoms with Gasteiger partial charge in [0.25, 0.3) is 0 Å². The molecule has 0 spiro atoms. The van der Waals surface area contributed by atoms with Gasteiger partial charge in [-0.25, -0.2) is 18.6 Å². The lowest BCUT2D eigenvalue weighted by Crippen LogP contribution is -2.44. The number of anilines is 2. The number of carbonyl (C=O) groups is 1. The van der Waals surface area contributed by atoms with Crippen LogP contribution in [0.1, 0.15) is 10.4 Å². The molecule has 8 nitrogen and oxygen atoms in total. The lowest BCUT2D eigenvalue weighted by molar-refractivity contribution is 0.0695. The number of nitrogen functional groups attached to an aromatic ring is 1. The zero-order valence-corrected chi connectivity index (χ0v) is 16.2. The largest absolute Gasteiger partial charge is 0.477 e. The molecule has 0 aliphatic carbocycles. The number of nitrogens with one attached hydrogen (secondary N) is 1. The van der Waals surface area contributed by atoms with E-state index in [0.717, 1.165) is 22.9 Å². The third-order valence-electron chi connectivity index (χ3n) is 4.89. The molecule has 30 heavy (non-hydrogen) atoms. The number of hydrogen-bond acceptors (Lipinski definition) is 6. The van der Waals surface area contributed by atoms with Crippen molar-refractivity contribution in [1.82, 2.24) is 14.9 Å². The number of nitrogens with zero attached hydrogens (tertiary/aromatic N) is 3. The van der Waals surface area contributed by atoms with Crippen LogP contribution in [0.4, 0.5) is 20.3 Å². The van der Waals surface area contributed by atoms with Crippen LogP contribution >= 0.6 is 11.6 Å². The van der Waals surface area contributed by atoms with Crippen LogP contribution in [0.25, 0.3) is 16.7 Å². The second kappa shape index (κ2) is 7.54. The van der Waals surface area contributed by atoms with E-state index in [0.29, 0.717) is 26.2 Å². The summed E-state index contributed by atoms with van der Waals surface area (Å²) in [5.41, 5.74) is 3.98. The summed E-state index contributed by atoms with van der Waals surface area (Å²) in [4.78, 5) is 30.2. The molecule has 0 atom stereocenters. The quantitative estimate of drug-likeness (QED) is 0.539. The highest BCUT2D eigenvalue weighted by Gasteiger charge is 2.23. The number of rotatable bonds is 3. The van der Waals surface area contributed by atoms with Crippen LogP contribution < -0.4 is 21.4 Å². The van der Waals surface area contributed by atoms with Gasteiger partial charge in [-0.05, 0) is 18.2 Å². The van der Waals surface area contributed by atoms with E-state index in [1.165, 1.54) is 6.07 Å². The molecule has 156 valence electrons. The van der Waals surface area contributed by atoms with Gasteiger partial charge in [-0.15, -0.1) is 0 Å². The molecular weight excluding hydrogens is 420 g/mol. The summed E-state index contributed by atoms with van der Waals surface area (Å²) in [5.74, 6) is -3.14. The Morgan fingerprint density at radius 1 is 1.20 bits per heavy atom. The molecule has 1 aliphatic heterocycles. The van der Waals surface area contributed by atoms with Crippen molar-refractivity contribution in [3.8, 4) is 5.69 Å². The van der Waals surface area contributed by atoms with E-state index in [9.17, 15) is 23.5 Å². The number of piperazine rings is 1. The number of pyridine rings is 2. The molecule has 0 amide bonds. The van der Waals surface area contributed by atoms with E-state index in [4.69, 9.17) is 17.3 Å². The van der Waals surface area contributed by atoms with Crippen molar-refractivity contribution in [2.75, 3.05) is 36.8 Å². The van der Waals surface area contributed by atoms with Crippen LogP contribution in [0.3, 0.4) is 0 Å². The number of benzene rings is 1. The molecule has 1 aliphatic rings. The first-order valence-corrected chi connectivity index (χ1v) is 9.35. The maximum absolute atomic E-state index is 14.8. The summed E-state index contributed by atoms with van der Waals surface area (Å²) < 4.78 is 30.6. The highest BCUT2D eigenvalue weighted by Crippen LogP contribution is 2.28. The molecule has 3 aromatic rings. The molecule has 4 rings (SSSR count). The molecule has 11 heteroatoms. The Morgan fingerprint density at radius 2 is 1.90 bits per heavy atom. The predicted octanol–water partition coefficient (Wildman–Crippen LogP) is 2.01. The molecule has 1 aromatic carbocycles. The Balaban J connectivity index is 2.07. The minimum absolute atomic E-state index is 0.0115. The number of carboxylic acid groups (broad SMARTS) is 1. The molecular formula is C19H16ClF2N5O3. The van der Waals surface area contributed by atoms with E-state index < -0.39 is 28.6 Å². The van der Waals surface area contributed by atoms with Crippen molar-refractivity contribution in [2.45, 2.75) is 0 Å². The highest BCUT2D eigenvalue weighted by molar-refractivity contribution is 6.33. The SMILES string of the molecule is Nc1cc(-n2cc(C(=O)O)c(=O)c3cc(F)c(N4CCNCC4)nc32)c(F)cc1Cl. The Labute approximate surface area is 173 Å². The molecule has 0 saturated carbocycles. The van der Waals surface area contributed by atoms with Crippen molar-refractivity contribution >= 4 is 40.1 Å². The maximum Gasteiger partial charge on any atom is 0.341 e. The molecule has 0 bridgehead atoms. The van der Waals surface area contributed by atoms with Gasteiger partial charge in [0.15, 0.2) is 17.3 Å². The van der Waals surface area contributed by atoms with Gasteiger partial charge >= 0.3 is 5.97 Å². The highest BCUT2D eigenvalue weighted by atomic mass is 35.5. The molecule has 3 heterocycles. The van der Waals surface area contributed by atoms with Crippen LogP contribution in [0.15, 0.2) is 29.2 Å². The summed E-state index contributed by atoms with van der Waals surface area (Å²) in [6.45, 7) is 2.20. The van der Waals surface area contributed by atoms with Gasteiger partial charge in [-0.1, -0.05) is 11.6 Å². The number of halogens is 3. The Kier molecular flexibility index (Phi) is 5.04. The van der Waals surface area contributed by atoms with E-state index in [-0.39, 0.29) is 33.2 Å². The Bertz CT molecular complexity index is 1240. The molecule has 2 aromatic heterocycles. The van der Waals surface area contributed by atoms with Gasteiger partial charge in [0, 0.05) is 32.4 Å². The smallest absolute Gasteiger partial charge is 0.341 e. The number of aromatic carboxylic acids is 1. The fraction of sp³-hybridized carbons (Fsp3) is 0.211. The number of nitrogens with two attached hydrogens (primary N) is 1. The number of carboxylic acids is 1. The average molecular weight is 436 g/mol. The third-order valence-corrected chi connectivity index (χ3v) is 5.21. The fourth-order valence-corrected chi connectivity index (χ4v) is 3.54. The van der Waals surface area contributed by atoms with Crippen LogP contribution in [-0.2, 0) is 0 Å². The van der Waals surface area contributed by atoms with E-state index in [2.05, 4.69) is 10.3 Å². The van der Waals surface area contributed by atoms with Gasteiger partial charge in [-0.3, -0.25) is 9.36 Å². The normalized spacial score (nSPS) is 14.3. The van der Waals surface area contributed by atoms with Crippen molar-refractivity contribution in [3.05, 3.63) is 56.8 Å². The first-order valence-electron chi connectivity index (χ1n) is 8.97. The molecule has 1 fully saturated rings. The van der Waals surface area contributed by atoms with Crippen molar-refractivity contribution in [3.63, 3.8) is 0 Å². The van der Waals surface area contributed by atoms with Crippen LogP contribution in [0, 0.1) is 11.6 Å². The maximum atomic E-state index is 14.8. The van der Waals surface area contributed by atoms with Gasteiger partial charge in [0.05, 0.1) is 21.8 Å². The van der Waals surface area contributed by atoms with Crippen LogP contribution in [-0.4, -0.2) is 46.8 Å². The summed E-state index contributed by atoms with van der Waals surface area (Å²) >= 11 is 5.85. The number of fused-ring (bicyclic) bond motifs is 1. The van der Waals surface area contributed by atoms with Crippen molar-refractivity contribution in [1.29, 1.82) is 0 Å². The van der Waals surface area contributed by atoms with E-state index >= 15 is 0 Å². The average Bonchev–Trinajstić information content (AvgIpc) is 2.71. The Morgan fingerprint density at radius 3 is 2.57 bits per heavy atom. The summed E-state index contributed by atoms with van der Waals surface area (Å²) in [7, 11) is 0. The minimum atomic E-state index is -1.54. The lowest BCUT2D eigenvalue weighted by Gasteiger charge is -2.29. The number of hydrogen-bond donors (Lipinski definition) is 3. The van der Waals surface area contributed by atoms with Gasteiger partial charge < -0.3 is 21.1 Å². The Hall–Kier alpha value is -3.24. The third kappa shape index (κ3) is 3.33. The van der Waals surface area contributed by atoms with E-state index in [1.54, 1.807) is 4.90 Å². The fourth-order valence-electron chi connectivity index (χ4n) is 3.39. The lowest BCUT2D eigenvalue weighted by atomic mass is 10.1. The van der Waals surface area contributed by atoms with Crippen LogP contribution in [0.2, 0.25) is 5.02 Å². The van der Waals surface area contributed by atoms with Crippen LogP contribution in [0.5, 0.6) is 0 Å². The second-order valence-corrected chi connectivity index (χ2v) is 7.18. The van der Waals surface area contributed by atoms with Gasteiger partial charge in [-0.2, -0.15) is 0 Å². The minimum Gasteiger partial charge on any atom is -0.477 e. The van der Waals surface area contributed by atoms with Gasteiger partial charge in [0.1, 0.15) is 11.4 Å². The monoisotopic (exact) mass is 435 g/mol. The van der Waals surface area contributed by atoms with E-state index in [1.807, 2.05) is 0 Å². The molecule has 4 N–H and O–H groups in total. The summed E-state index contributed by atoms with van der Waals surface area (Å²) in [5, 5.41) is 12.2. The number of aromatic nitrogens is 2. The first-order chi connectivity index (χ1) is 14.3. The second-order valence-electron chi connectivity index (χ2n) is 6.77. The van der Waals surface area contributed by atoms with Crippen molar-refractivity contribution < 1.29 is 18.7 Å². The zero-order chi connectivity index (χ0) is 21.6. The standard InChI is InChI=1S/C19H16ClF2N5O3/c20-11-6-12(21)15(7-14(11)23)27-8-10(19(29)30)16(28)9-5-13(22)18(25-17(9)27)26-3-1-24-2-4-26/h5-8,24H,1-4,23H2,(H,29,30). The predicted molar refractivity (Wildman–Crippen MR) is 109 cm³/mol. The van der Waals surface area contributed by atoms with Gasteiger partial charge in [0.2, 0.25) is 5.43 Å². The topological polar surface area (TPSA) is 113 Å². The summed E-state index contributed by atoms with van der Waals surface area (Å²) in [6.07, 6.45) is 0.950. The molecule has 0 radical (unpaired) electrons. The zero-order valence-electron chi connectivity index (χ0n) is 15.5. The van der Waals surface area contributed by atoms with Crippen molar-refractivity contribution in [2.24, 2.45) is 0 Å².